The van der Waals surface area contributed by atoms with Gasteiger partial charge in [-0.1, -0.05) is 18.2 Å². The minimum absolute atomic E-state index is 0.0266. The number of pyridine rings is 1. The van der Waals surface area contributed by atoms with Crippen LogP contribution in [-0.4, -0.2) is 27.2 Å². The van der Waals surface area contributed by atoms with Gasteiger partial charge in [0.25, 0.3) is 5.91 Å². The number of carbonyl (C=O) groups excluding carboxylic acids is 1. The smallest absolute Gasteiger partial charge is 0.259 e. The minimum atomic E-state index is 0.0266. The van der Waals surface area contributed by atoms with E-state index in [0.717, 1.165) is 35.4 Å². The predicted molar refractivity (Wildman–Crippen MR) is 94.5 cm³/mol. The Labute approximate surface area is 140 Å². The Morgan fingerprint density at radius 2 is 2.04 bits per heavy atom. The molecular weight excluding hydrogens is 300 g/mol. The Kier molecular flexibility index (Phi) is 3.37. The lowest BCUT2D eigenvalue weighted by molar-refractivity contribution is 0.0991. The van der Waals surface area contributed by atoms with Crippen molar-refractivity contribution in [3.8, 4) is 0 Å². The first-order valence-corrected chi connectivity index (χ1v) is 8.31. The summed E-state index contributed by atoms with van der Waals surface area (Å²) in [7, 11) is 0. The van der Waals surface area contributed by atoms with E-state index in [1.165, 1.54) is 5.56 Å². The molecule has 0 spiro atoms. The van der Waals surface area contributed by atoms with Gasteiger partial charge in [0.05, 0.1) is 17.1 Å². The van der Waals surface area contributed by atoms with Crippen LogP contribution < -0.4 is 4.90 Å². The van der Waals surface area contributed by atoms with Crippen molar-refractivity contribution in [2.75, 3.05) is 11.4 Å². The van der Waals surface area contributed by atoms with Gasteiger partial charge in [-0.2, -0.15) is 5.10 Å². The van der Waals surface area contributed by atoms with Crippen molar-refractivity contribution >= 4 is 22.6 Å². The number of hydrogen-bond donors (Lipinski definition) is 0. The molecule has 0 radical (unpaired) electrons. The van der Waals surface area contributed by atoms with Crippen LogP contribution in [0.1, 0.15) is 41.5 Å². The second-order valence-corrected chi connectivity index (χ2v) is 6.57. The first-order chi connectivity index (χ1) is 11.6. The van der Waals surface area contributed by atoms with E-state index in [1.54, 1.807) is 6.20 Å². The van der Waals surface area contributed by atoms with Crippen LogP contribution in [0, 0.1) is 6.92 Å². The van der Waals surface area contributed by atoms with Crippen LogP contribution in [0.4, 0.5) is 5.69 Å². The summed E-state index contributed by atoms with van der Waals surface area (Å²) in [6.07, 6.45) is 2.66. The van der Waals surface area contributed by atoms with Crippen LogP contribution >= 0.6 is 0 Å². The third-order valence-electron chi connectivity index (χ3n) is 4.55. The number of hydrogen-bond acceptors (Lipinski definition) is 3. The molecule has 5 heteroatoms. The standard InChI is InChI=1S/C19H20N4O/c1-12(2)23-18-16(11-20-23)15(10-13(3)21-18)19(24)22-9-8-14-6-4-5-7-17(14)22/h4-7,10-12H,8-9H2,1-3H3. The van der Waals surface area contributed by atoms with Crippen LogP contribution in [0.25, 0.3) is 11.0 Å². The summed E-state index contributed by atoms with van der Waals surface area (Å²) in [5, 5.41) is 5.26. The third-order valence-corrected chi connectivity index (χ3v) is 4.55. The Morgan fingerprint density at radius 3 is 2.83 bits per heavy atom. The lowest BCUT2D eigenvalue weighted by Gasteiger charge is -2.18. The highest BCUT2D eigenvalue weighted by molar-refractivity contribution is 6.14. The Balaban J connectivity index is 1.84. The largest absolute Gasteiger partial charge is 0.308 e. The topological polar surface area (TPSA) is 51.0 Å². The van der Waals surface area contributed by atoms with Crippen molar-refractivity contribution in [2.45, 2.75) is 33.2 Å². The zero-order valence-corrected chi connectivity index (χ0v) is 14.2. The van der Waals surface area contributed by atoms with E-state index in [0.29, 0.717) is 5.56 Å². The maximum absolute atomic E-state index is 13.2. The molecule has 0 saturated carbocycles. The van der Waals surface area contributed by atoms with Crippen molar-refractivity contribution in [3.63, 3.8) is 0 Å². The molecule has 2 aromatic heterocycles. The molecule has 0 atom stereocenters. The van der Waals surface area contributed by atoms with Crippen molar-refractivity contribution in [2.24, 2.45) is 0 Å². The van der Waals surface area contributed by atoms with Gasteiger partial charge in [0, 0.05) is 24.0 Å². The van der Waals surface area contributed by atoms with Crippen LogP contribution in [-0.2, 0) is 6.42 Å². The second kappa shape index (κ2) is 5.44. The molecule has 1 amide bonds. The monoisotopic (exact) mass is 320 g/mol. The van der Waals surface area contributed by atoms with E-state index >= 15 is 0 Å². The van der Waals surface area contributed by atoms with Gasteiger partial charge >= 0.3 is 0 Å². The highest BCUT2D eigenvalue weighted by atomic mass is 16.2. The molecule has 3 aromatic rings. The molecule has 122 valence electrons. The van der Waals surface area contributed by atoms with Crippen molar-refractivity contribution in [1.82, 2.24) is 14.8 Å². The Morgan fingerprint density at radius 1 is 1.25 bits per heavy atom. The number of anilines is 1. The molecular formula is C19H20N4O. The molecule has 1 aromatic carbocycles. The van der Waals surface area contributed by atoms with Crippen molar-refractivity contribution < 1.29 is 4.79 Å². The van der Waals surface area contributed by atoms with Gasteiger partial charge in [-0.25, -0.2) is 9.67 Å². The highest BCUT2D eigenvalue weighted by Crippen LogP contribution is 2.30. The van der Waals surface area contributed by atoms with E-state index in [9.17, 15) is 4.79 Å². The normalized spacial score (nSPS) is 13.8. The van der Waals surface area contributed by atoms with Gasteiger partial charge in [-0.3, -0.25) is 4.79 Å². The van der Waals surface area contributed by atoms with Gasteiger partial charge in [-0.15, -0.1) is 0 Å². The van der Waals surface area contributed by atoms with Crippen LogP contribution in [0.3, 0.4) is 0 Å². The summed E-state index contributed by atoms with van der Waals surface area (Å²) in [4.78, 5) is 19.7. The van der Waals surface area contributed by atoms with Crippen molar-refractivity contribution in [3.05, 3.63) is 53.3 Å². The molecule has 0 N–H and O–H groups in total. The highest BCUT2D eigenvalue weighted by Gasteiger charge is 2.27. The first-order valence-electron chi connectivity index (χ1n) is 8.31. The summed E-state index contributed by atoms with van der Waals surface area (Å²) < 4.78 is 1.87. The zero-order chi connectivity index (χ0) is 16.8. The van der Waals surface area contributed by atoms with E-state index < -0.39 is 0 Å². The van der Waals surface area contributed by atoms with E-state index in [4.69, 9.17) is 0 Å². The van der Waals surface area contributed by atoms with Gasteiger partial charge in [0.2, 0.25) is 0 Å². The number of benzene rings is 1. The number of aromatic nitrogens is 3. The summed E-state index contributed by atoms with van der Waals surface area (Å²) in [6.45, 7) is 6.77. The van der Waals surface area contributed by atoms with Gasteiger partial charge in [0.15, 0.2) is 5.65 Å². The second-order valence-electron chi connectivity index (χ2n) is 6.57. The quantitative estimate of drug-likeness (QED) is 0.726. The van der Waals surface area contributed by atoms with Crippen LogP contribution in [0.5, 0.6) is 0 Å². The van der Waals surface area contributed by atoms with Gasteiger partial charge in [-0.05, 0) is 44.9 Å². The van der Waals surface area contributed by atoms with E-state index in [-0.39, 0.29) is 11.9 Å². The summed E-state index contributed by atoms with van der Waals surface area (Å²) in [6, 6.07) is 10.2. The molecule has 3 heterocycles. The molecule has 0 aliphatic carbocycles. The lowest BCUT2D eigenvalue weighted by atomic mass is 10.1. The molecule has 0 saturated heterocycles. The molecule has 24 heavy (non-hydrogen) atoms. The van der Waals surface area contributed by atoms with E-state index in [1.807, 2.05) is 40.8 Å². The lowest BCUT2D eigenvalue weighted by Crippen LogP contribution is -2.29. The number of aryl methyl sites for hydroxylation is 1. The zero-order valence-electron chi connectivity index (χ0n) is 14.2. The average molecular weight is 320 g/mol. The number of nitrogens with zero attached hydrogens (tertiary/aromatic N) is 4. The minimum Gasteiger partial charge on any atom is -0.308 e. The fourth-order valence-electron chi connectivity index (χ4n) is 3.39. The third kappa shape index (κ3) is 2.19. The maximum atomic E-state index is 13.2. The number of amides is 1. The number of carbonyl (C=O) groups is 1. The number of rotatable bonds is 2. The Hall–Kier alpha value is -2.69. The summed E-state index contributed by atoms with van der Waals surface area (Å²) >= 11 is 0. The van der Waals surface area contributed by atoms with Gasteiger partial charge in [0.1, 0.15) is 0 Å². The molecule has 1 aliphatic heterocycles. The fraction of sp³-hybridized carbons (Fsp3) is 0.316. The predicted octanol–water partition coefficient (Wildman–Crippen LogP) is 3.52. The Bertz CT molecular complexity index is 942. The molecule has 1 aliphatic rings. The van der Waals surface area contributed by atoms with Crippen LogP contribution in [0.2, 0.25) is 0 Å². The van der Waals surface area contributed by atoms with E-state index in [2.05, 4.69) is 30.0 Å². The van der Waals surface area contributed by atoms with Crippen LogP contribution in [0.15, 0.2) is 36.5 Å². The molecule has 0 bridgehead atoms. The summed E-state index contributed by atoms with van der Waals surface area (Å²) in [5.41, 5.74) is 4.54. The fourth-order valence-corrected chi connectivity index (χ4v) is 3.39. The number of fused-ring (bicyclic) bond motifs is 2. The molecule has 0 fully saturated rings. The average Bonchev–Trinajstić information content (AvgIpc) is 3.17. The maximum Gasteiger partial charge on any atom is 0.259 e. The SMILES string of the molecule is Cc1cc(C(=O)N2CCc3ccccc32)c2cnn(C(C)C)c2n1. The van der Waals surface area contributed by atoms with Crippen molar-refractivity contribution in [1.29, 1.82) is 0 Å². The molecule has 5 nitrogen and oxygen atoms in total. The summed E-state index contributed by atoms with van der Waals surface area (Å²) in [5.74, 6) is 0.0266. The molecule has 0 unspecified atom stereocenters. The first kappa shape index (κ1) is 14.9. The number of para-hydroxylation sites is 1. The molecule has 4 rings (SSSR count). The van der Waals surface area contributed by atoms with Gasteiger partial charge < -0.3 is 4.90 Å².